The fourth-order valence-electron chi connectivity index (χ4n) is 1.51. The van der Waals surface area contributed by atoms with E-state index in [1.165, 1.54) is 5.56 Å². The van der Waals surface area contributed by atoms with Crippen LogP contribution in [0.4, 0.5) is 5.69 Å². The monoisotopic (exact) mass is 463 g/mol. The first-order valence-corrected chi connectivity index (χ1v) is 7.55. The van der Waals surface area contributed by atoms with E-state index in [4.69, 9.17) is 0 Å². The summed E-state index contributed by atoms with van der Waals surface area (Å²) in [4.78, 5) is 12.1. The number of anilines is 1. The van der Waals surface area contributed by atoms with Gasteiger partial charge in [-0.1, -0.05) is 18.2 Å². The van der Waals surface area contributed by atoms with Gasteiger partial charge in [-0.2, -0.15) is 0 Å². The lowest BCUT2D eigenvalue weighted by atomic mass is 10.2. The average molecular weight is 463 g/mol. The first-order valence-electron chi connectivity index (χ1n) is 5.40. The lowest BCUT2D eigenvalue weighted by molar-refractivity contribution is 0.102. The molecule has 0 aliphatic carbocycles. The summed E-state index contributed by atoms with van der Waals surface area (Å²) in [6.07, 6.45) is 0. The number of hydrogen-bond acceptors (Lipinski definition) is 1. The Morgan fingerprint density at radius 2 is 1.78 bits per heavy atom. The number of nitrogens with one attached hydrogen (secondary N) is 1. The Morgan fingerprint density at radius 1 is 1.06 bits per heavy atom. The third-order valence-corrected chi connectivity index (χ3v) is 4.65. The Morgan fingerprint density at radius 3 is 2.44 bits per heavy atom. The van der Waals surface area contributed by atoms with E-state index in [1.807, 2.05) is 49.4 Å². The van der Waals surface area contributed by atoms with Gasteiger partial charge in [0.15, 0.2) is 0 Å². The van der Waals surface area contributed by atoms with Crippen molar-refractivity contribution in [1.29, 1.82) is 0 Å². The van der Waals surface area contributed by atoms with E-state index in [1.54, 1.807) is 0 Å². The smallest absolute Gasteiger partial charge is 0.256 e. The molecule has 2 aromatic carbocycles. The highest BCUT2D eigenvalue weighted by Crippen LogP contribution is 2.19. The number of aryl methyl sites for hydroxylation is 1. The molecular formula is C14H11I2NO. The van der Waals surface area contributed by atoms with Gasteiger partial charge in [-0.3, -0.25) is 4.79 Å². The van der Waals surface area contributed by atoms with Gasteiger partial charge in [0.2, 0.25) is 0 Å². The molecule has 2 aromatic rings. The molecule has 0 unspecified atom stereocenters. The van der Waals surface area contributed by atoms with Crippen LogP contribution < -0.4 is 5.32 Å². The Labute approximate surface area is 133 Å². The van der Waals surface area contributed by atoms with Crippen molar-refractivity contribution in [3.63, 3.8) is 0 Å². The predicted molar refractivity (Wildman–Crippen MR) is 91.0 cm³/mol. The molecule has 4 heteroatoms. The molecule has 2 rings (SSSR count). The minimum absolute atomic E-state index is 0.0698. The number of carbonyl (C=O) groups excluding carboxylic acids is 1. The molecule has 2 nitrogen and oxygen atoms in total. The van der Waals surface area contributed by atoms with Crippen molar-refractivity contribution in [3.05, 3.63) is 60.7 Å². The zero-order chi connectivity index (χ0) is 13.1. The van der Waals surface area contributed by atoms with E-state index >= 15 is 0 Å². The SMILES string of the molecule is Cc1ccc(NC(=O)c2ccccc2I)cc1I. The Balaban J connectivity index is 2.22. The number of amides is 1. The molecule has 0 aliphatic heterocycles. The summed E-state index contributed by atoms with van der Waals surface area (Å²) < 4.78 is 2.10. The minimum Gasteiger partial charge on any atom is -0.322 e. The molecule has 0 spiro atoms. The summed E-state index contributed by atoms with van der Waals surface area (Å²) in [7, 11) is 0. The maximum absolute atomic E-state index is 12.1. The molecule has 0 atom stereocenters. The number of hydrogen-bond donors (Lipinski definition) is 1. The van der Waals surface area contributed by atoms with Crippen LogP contribution in [0.1, 0.15) is 15.9 Å². The predicted octanol–water partition coefficient (Wildman–Crippen LogP) is 4.46. The quantitative estimate of drug-likeness (QED) is 0.656. The van der Waals surface area contributed by atoms with Crippen LogP contribution in [0.3, 0.4) is 0 Å². The second-order valence-corrected chi connectivity index (χ2v) is 6.22. The molecule has 0 saturated heterocycles. The van der Waals surface area contributed by atoms with Crippen LogP contribution >= 0.6 is 45.2 Å². The van der Waals surface area contributed by atoms with Crippen LogP contribution in [0.15, 0.2) is 42.5 Å². The minimum atomic E-state index is -0.0698. The Hall–Kier alpha value is -0.630. The van der Waals surface area contributed by atoms with E-state index in [-0.39, 0.29) is 5.91 Å². The van der Waals surface area contributed by atoms with Crippen LogP contribution in [-0.4, -0.2) is 5.91 Å². The number of carbonyl (C=O) groups is 1. The molecule has 1 amide bonds. The lowest BCUT2D eigenvalue weighted by Gasteiger charge is -2.08. The first-order chi connectivity index (χ1) is 8.58. The Kier molecular flexibility index (Phi) is 4.60. The van der Waals surface area contributed by atoms with E-state index in [9.17, 15) is 4.79 Å². The summed E-state index contributed by atoms with van der Waals surface area (Å²) in [5.74, 6) is -0.0698. The van der Waals surface area contributed by atoms with E-state index in [2.05, 4.69) is 50.5 Å². The van der Waals surface area contributed by atoms with Gasteiger partial charge >= 0.3 is 0 Å². The van der Waals surface area contributed by atoms with Gasteiger partial charge in [0, 0.05) is 12.8 Å². The number of rotatable bonds is 2. The van der Waals surface area contributed by atoms with Gasteiger partial charge in [0.1, 0.15) is 0 Å². The topological polar surface area (TPSA) is 29.1 Å². The molecule has 0 fully saturated rings. The highest BCUT2D eigenvalue weighted by atomic mass is 127. The van der Waals surface area contributed by atoms with Gasteiger partial charge in [0.05, 0.1) is 5.56 Å². The molecule has 0 saturated carbocycles. The van der Waals surface area contributed by atoms with Crippen LogP contribution in [0, 0.1) is 14.1 Å². The third-order valence-electron chi connectivity index (χ3n) is 2.55. The molecule has 92 valence electrons. The number of benzene rings is 2. The highest BCUT2D eigenvalue weighted by Gasteiger charge is 2.09. The van der Waals surface area contributed by atoms with Crippen LogP contribution in [-0.2, 0) is 0 Å². The lowest BCUT2D eigenvalue weighted by Crippen LogP contribution is -2.13. The van der Waals surface area contributed by atoms with Crippen molar-refractivity contribution >= 4 is 56.8 Å². The molecule has 0 radical (unpaired) electrons. The van der Waals surface area contributed by atoms with Crippen LogP contribution in [0.25, 0.3) is 0 Å². The van der Waals surface area contributed by atoms with Crippen LogP contribution in [0.5, 0.6) is 0 Å². The molecular weight excluding hydrogens is 452 g/mol. The molecule has 0 aliphatic rings. The normalized spacial score (nSPS) is 10.2. The van der Waals surface area contributed by atoms with E-state index in [0.29, 0.717) is 5.56 Å². The molecule has 0 bridgehead atoms. The van der Waals surface area contributed by atoms with Crippen molar-refractivity contribution in [2.75, 3.05) is 5.32 Å². The fraction of sp³-hybridized carbons (Fsp3) is 0.0714. The maximum Gasteiger partial charge on any atom is 0.256 e. The largest absolute Gasteiger partial charge is 0.322 e. The van der Waals surface area contributed by atoms with Crippen LogP contribution in [0.2, 0.25) is 0 Å². The van der Waals surface area contributed by atoms with E-state index in [0.717, 1.165) is 12.8 Å². The summed E-state index contributed by atoms with van der Waals surface area (Å²) in [6.45, 7) is 2.05. The Bertz CT molecular complexity index is 596. The van der Waals surface area contributed by atoms with Crippen molar-refractivity contribution in [2.45, 2.75) is 6.92 Å². The van der Waals surface area contributed by atoms with E-state index < -0.39 is 0 Å². The first kappa shape index (κ1) is 13.8. The number of halogens is 2. The third kappa shape index (κ3) is 3.23. The average Bonchev–Trinajstić information content (AvgIpc) is 2.34. The summed E-state index contributed by atoms with van der Waals surface area (Å²) in [5.41, 5.74) is 2.74. The van der Waals surface area contributed by atoms with Gasteiger partial charge in [-0.05, 0) is 81.9 Å². The summed E-state index contributed by atoms with van der Waals surface area (Å²) >= 11 is 4.43. The van der Waals surface area contributed by atoms with Crippen molar-refractivity contribution in [1.82, 2.24) is 0 Å². The fourth-order valence-corrected chi connectivity index (χ4v) is 2.66. The highest BCUT2D eigenvalue weighted by molar-refractivity contribution is 14.1. The van der Waals surface area contributed by atoms with Crippen molar-refractivity contribution in [2.24, 2.45) is 0 Å². The molecule has 18 heavy (non-hydrogen) atoms. The second-order valence-electron chi connectivity index (χ2n) is 3.90. The van der Waals surface area contributed by atoms with Gasteiger partial charge in [-0.15, -0.1) is 0 Å². The maximum atomic E-state index is 12.1. The summed E-state index contributed by atoms with van der Waals surface area (Å²) in [5, 5.41) is 2.92. The second kappa shape index (κ2) is 6.01. The van der Waals surface area contributed by atoms with Crippen molar-refractivity contribution < 1.29 is 4.79 Å². The molecule has 1 N–H and O–H groups in total. The van der Waals surface area contributed by atoms with Crippen molar-refractivity contribution in [3.8, 4) is 0 Å². The summed E-state index contributed by atoms with van der Waals surface area (Å²) in [6, 6.07) is 13.5. The van der Waals surface area contributed by atoms with Gasteiger partial charge in [0.25, 0.3) is 5.91 Å². The van der Waals surface area contributed by atoms with Gasteiger partial charge < -0.3 is 5.32 Å². The molecule has 0 aromatic heterocycles. The molecule has 0 heterocycles. The zero-order valence-electron chi connectivity index (χ0n) is 9.71. The standard InChI is InChI=1S/C14H11I2NO/c1-9-6-7-10(8-13(9)16)17-14(18)11-4-2-3-5-12(11)15/h2-8H,1H3,(H,17,18). The van der Waals surface area contributed by atoms with Gasteiger partial charge in [-0.25, -0.2) is 0 Å². The zero-order valence-corrected chi connectivity index (χ0v) is 14.0.